The molecule has 1 rings (SSSR count). The molecule has 3 atom stereocenters. The van der Waals surface area contributed by atoms with Gasteiger partial charge in [0.1, 0.15) is 0 Å². The standard InChI is InChI=1S/C9H18N2O/c1-6-5-11(9(4)12)8(3)7(2)10-6/h6-8,10H,5H2,1-4H3. The number of carbonyl (C=O) groups excluding carboxylic acids is 1. The molecule has 0 radical (unpaired) electrons. The first-order valence-electron chi connectivity index (χ1n) is 4.55. The monoisotopic (exact) mass is 170 g/mol. The summed E-state index contributed by atoms with van der Waals surface area (Å²) in [5.41, 5.74) is 0. The number of nitrogens with one attached hydrogen (secondary N) is 1. The van der Waals surface area contributed by atoms with Crippen molar-refractivity contribution in [2.45, 2.75) is 45.8 Å². The zero-order chi connectivity index (χ0) is 9.30. The van der Waals surface area contributed by atoms with Crippen molar-refractivity contribution in [1.29, 1.82) is 0 Å². The lowest BCUT2D eigenvalue weighted by Crippen LogP contribution is -2.60. The van der Waals surface area contributed by atoms with Gasteiger partial charge in [0.05, 0.1) is 0 Å². The van der Waals surface area contributed by atoms with Crippen molar-refractivity contribution >= 4 is 5.91 Å². The molecule has 0 aromatic heterocycles. The van der Waals surface area contributed by atoms with Gasteiger partial charge in [0.25, 0.3) is 0 Å². The summed E-state index contributed by atoms with van der Waals surface area (Å²) in [5, 5.41) is 3.42. The lowest BCUT2D eigenvalue weighted by Gasteiger charge is -2.41. The molecule has 3 heteroatoms. The molecular weight excluding hydrogens is 152 g/mol. The van der Waals surface area contributed by atoms with Crippen molar-refractivity contribution in [1.82, 2.24) is 10.2 Å². The van der Waals surface area contributed by atoms with Crippen LogP contribution >= 0.6 is 0 Å². The van der Waals surface area contributed by atoms with Gasteiger partial charge < -0.3 is 10.2 Å². The first kappa shape index (κ1) is 9.52. The maximum atomic E-state index is 11.2. The summed E-state index contributed by atoms with van der Waals surface area (Å²) in [6.45, 7) is 8.79. The third-order valence-electron chi connectivity index (χ3n) is 2.64. The third kappa shape index (κ3) is 1.78. The van der Waals surface area contributed by atoms with Gasteiger partial charge in [0.2, 0.25) is 5.91 Å². The van der Waals surface area contributed by atoms with E-state index in [-0.39, 0.29) is 5.91 Å². The largest absolute Gasteiger partial charge is 0.337 e. The Morgan fingerprint density at radius 3 is 2.50 bits per heavy atom. The van der Waals surface area contributed by atoms with E-state index in [0.29, 0.717) is 18.1 Å². The predicted molar refractivity (Wildman–Crippen MR) is 48.9 cm³/mol. The van der Waals surface area contributed by atoms with Crippen LogP contribution in [0.15, 0.2) is 0 Å². The highest BCUT2D eigenvalue weighted by molar-refractivity contribution is 5.73. The summed E-state index contributed by atoms with van der Waals surface area (Å²) in [7, 11) is 0. The van der Waals surface area contributed by atoms with Gasteiger partial charge in [0, 0.05) is 31.6 Å². The molecule has 1 aliphatic rings. The Hall–Kier alpha value is -0.570. The Labute approximate surface area is 74.1 Å². The smallest absolute Gasteiger partial charge is 0.219 e. The fourth-order valence-corrected chi connectivity index (χ4v) is 1.79. The van der Waals surface area contributed by atoms with Crippen LogP contribution in [0.1, 0.15) is 27.7 Å². The van der Waals surface area contributed by atoms with Crippen LogP contribution in [0, 0.1) is 0 Å². The maximum Gasteiger partial charge on any atom is 0.219 e. The van der Waals surface area contributed by atoms with E-state index in [9.17, 15) is 4.79 Å². The van der Waals surface area contributed by atoms with Gasteiger partial charge in [-0.05, 0) is 20.8 Å². The van der Waals surface area contributed by atoms with Crippen LogP contribution < -0.4 is 5.32 Å². The molecule has 1 N–H and O–H groups in total. The van der Waals surface area contributed by atoms with Gasteiger partial charge in [0.15, 0.2) is 0 Å². The van der Waals surface area contributed by atoms with Crippen molar-refractivity contribution in [3.05, 3.63) is 0 Å². The van der Waals surface area contributed by atoms with E-state index < -0.39 is 0 Å². The second kappa shape index (κ2) is 3.44. The number of hydrogen-bond donors (Lipinski definition) is 1. The average molecular weight is 170 g/mol. The van der Waals surface area contributed by atoms with E-state index in [4.69, 9.17) is 0 Å². The molecule has 1 aliphatic heterocycles. The molecule has 1 heterocycles. The number of piperazine rings is 1. The number of carbonyl (C=O) groups is 1. The molecule has 1 fully saturated rings. The van der Waals surface area contributed by atoms with Crippen LogP contribution in [-0.2, 0) is 4.79 Å². The molecule has 0 spiro atoms. The summed E-state index contributed by atoms with van der Waals surface area (Å²) in [6, 6.07) is 1.14. The molecule has 0 saturated carbocycles. The van der Waals surface area contributed by atoms with E-state index in [1.807, 2.05) is 4.90 Å². The summed E-state index contributed by atoms with van der Waals surface area (Å²) in [6.07, 6.45) is 0. The van der Waals surface area contributed by atoms with E-state index in [0.717, 1.165) is 6.54 Å². The number of hydrogen-bond acceptors (Lipinski definition) is 2. The summed E-state index contributed by atoms with van der Waals surface area (Å²) < 4.78 is 0. The minimum absolute atomic E-state index is 0.183. The van der Waals surface area contributed by atoms with Crippen LogP contribution in [-0.4, -0.2) is 35.5 Å². The average Bonchev–Trinajstić information content (AvgIpc) is 1.96. The Morgan fingerprint density at radius 1 is 1.42 bits per heavy atom. The summed E-state index contributed by atoms with van der Waals surface area (Å²) >= 11 is 0. The highest BCUT2D eigenvalue weighted by Gasteiger charge is 2.29. The molecular formula is C9H18N2O. The van der Waals surface area contributed by atoms with Crippen molar-refractivity contribution in [3.63, 3.8) is 0 Å². The maximum absolute atomic E-state index is 11.2. The molecule has 0 aliphatic carbocycles. The van der Waals surface area contributed by atoms with Gasteiger partial charge in [-0.15, -0.1) is 0 Å². The van der Waals surface area contributed by atoms with Gasteiger partial charge in [-0.2, -0.15) is 0 Å². The van der Waals surface area contributed by atoms with Crippen LogP contribution in [0.25, 0.3) is 0 Å². The topological polar surface area (TPSA) is 32.3 Å². The molecule has 0 bridgehead atoms. The van der Waals surface area contributed by atoms with Gasteiger partial charge >= 0.3 is 0 Å². The molecule has 70 valence electrons. The summed E-state index contributed by atoms with van der Waals surface area (Å²) in [4.78, 5) is 13.1. The van der Waals surface area contributed by atoms with Gasteiger partial charge in [-0.25, -0.2) is 0 Å². The predicted octanol–water partition coefficient (Wildman–Crippen LogP) is 0.604. The van der Waals surface area contributed by atoms with E-state index in [1.165, 1.54) is 0 Å². The fourth-order valence-electron chi connectivity index (χ4n) is 1.79. The zero-order valence-corrected chi connectivity index (χ0v) is 8.29. The van der Waals surface area contributed by atoms with Crippen LogP contribution in [0.2, 0.25) is 0 Å². The second-order valence-corrected chi connectivity index (χ2v) is 3.77. The van der Waals surface area contributed by atoms with Crippen molar-refractivity contribution in [2.24, 2.45) is 0 Å². The van der Waals surface area contributed by atoms with Crippen LogP contribution in [0.4, 0.5) is 0 Å². The Kier molecular flexibility index (Phi) is 2.73. The normalized spacial score (nSPS) is 36.7. The van der Waals surface area contributed by atoms with Crippen molar-refractivity contribution in [3.8, 4) is 0 Å². The van der Waals surface area contributed by atoms with E-state index in [2.05, 4.69) is 26.1 Å². The van der Waals surface area contributed by atoms with E-state index in [1.54, 1.807) is 6.92 Å². The Bertz CT molecular complexity index is 181. The lowest BCUT2D eigenvalue weighted by molar-refractivity contribution is -0.133. The van der Waals surface area contributed by atoms with Crippen molar-refractivity contribution in [2.75, 3.05) is 6.54 Å². The fraction of sp³-hybridized carbons (Fsp3) is 0.889. The molecule has 1 amide bonds. The first-order valence-corrected chi connectivity index (χ1v) is 4.55. The highest BCUT2D eigenvalue weighted by atomic mass is 16.2. The third-order valence-corrected chi connectivity index (χ3v) is 2.64. The second-order valence-electron chi connectivity index (χ2n) is 3.77. The quantitative estimate of drug-likeness (QED) is 0.577. The molecule has 12 heavy (non-hydrogen) atoms. The minimum Gasteiger partial charge on any atom is -0.337 e. The molecule has 0 aromatic rings. The highest BCUT2D eigenvalue weighted by Crippen LogP contribution is 2.11. The minimum atomic E-state index is 0.183. The number of nitrogens with zero attached hydrogens (tertiary/aromatic N) is 1. The van der Waals surface area contributed by atoms with Gasteiger partial charge in [-0.3, -0.25) is 4.79 Å². The molecule has 3 nitrogen and oxygen atoms in total. The Balaban J connectivity index is 2.66. The molecule has 0 aromatic carbocycles. The molecule has 1 saturated heterocycles. The Morgan fingerprint density at radius 2 is 2.00 bits per heavy atom. The van der Waals surface area contributed by atoms with E-state index >= 15 is 0 Å². The van der Waals surface area contributed by atoms with Crippen molar-refractivity contribution < 1.29 is 4.79 Å². The van der Waals surface area contributed by atoms with Crippen LogP contribution in [0.5, 0.6) is 0 Å². The van der Waals surface area contributed by atoms with Crippen LogP contribution in [0.3, 0.4) is 0 Å². The molecule has 3 unspecified atom stereocenters. The van der Waals surface area contributed by atoms with Gasteiger partial charge in [-0.1, -0.05) is 0 Å². The zero-order valence-electron chi connectivity index (χ0n) is 8.29. The first-order chi connectivity index (χ1) is 5.52. The lowest BCUT2D eigenvalue weighted by atomic mass is 10.0. The SMILES string of the molecule is CC(=O)N1CC(C)NC(C)C1C. The number of amides is 1. The number of rotatable bonds is 0. The summed E-state index contributed by atoms with van der Waals surface area (Å²) in [5.74, 6) is 0.183.